The molecule has 0 heterocycles. The van der Waals surface area contributed by atoms with E-state index in [2.05, 4.69) is 0 Å². The fraction of sp³-hybridized carbons (Fsp3) is 0.133. The van der Waals surface area contributed by atoms with E-state index < -0.39 is 17.6 Å². The van der Waals surface area contributed by atoms with Gasteiger partial charge in [0.05, 0.1) is 12.7 Å². The average Bonchev–Trinajstić information content (AvgIpc) is 2.45. The second kappa shape index (κ2) is 5.55. The van der Waals surface area contributed by atoms with E-state index >= 15 is 0 Å². The second-order valence-corrected chi connectivity index (χ2v) is 4.26. The quantitative estimate of drug-likeness (QED) is 0.622. The molecule has 6 heteroatoms. The normalized spacial score (nSPS) is 11.3. The summed E-state index contributed by atoms with van der Waals surface area (Å²) in [5.74, 6) is -0.957. The zero-order chi connectivity index (χ0) is 15.6. The minimum Gasteiger partial charge on any atom is -0.497 e. The summed E-state index contributed by atoms with van der Waals surface area (Å²) in [7, 11) is 1.42. The smallest absolute Gasteiger partial charge is 0.419 e. The summed E-state index contributed by atoms with van der Waals surface area (Å²) in [6, 6.07) is 7.00. The van der Waals surface area contributed by atoms with Crippen LogP contribution in [0, 0.1) is 5.82 Å². The highest BCUT2D eigenvalue weighted by atomic mass is 19.4. The number of benzene rings is 2. The zero-order valence-electron chi connectivity index (χ0n) is 10.9. The van der Waals surface area contributed by atoms with E-state index in [0.717, 1.165) is 12.1 Å². The molecule has 0 bridgehead atoms. The van der Waals surface area contributed by atoms with E-state index in [-0.39, 0.29) is 11.1 Å². The summed E-state index contributed by atoms with van der Waals surface area (Å²) in [5, 5.41) is 0. The summed E-state index contributed by atoms with van der Waals surface area (Å²) in [5.41, 5.74) is -0.621. The molecular formula is C15H10F4O2. The van der Waals surface area contributed by atoms with Crippen molar-refractivity contribution >= 4 is 6.29 Å². The molecule has 0 saturated carbocycles. The zero-order valence-corrected chi connectivity index (χ0v) is 10.9. The maximum Gasteiger partial charge on any atom is 0.419 e. The van der Waals surface area contributed by atoms with E-state index in [9.17, 15) is 22.4 Å². The van der Waals surface area contributed by atoms with Gasteiger partial charge >= 0.3 is 6.18 Å². The van der Waals surface area contributed by atoms with Gasteiger partial charge in [0.25, 0.3) is 0 Å². The van der Waals surface area contributed by atoms with Crippen LogP contribution in [0.15, 0.2) is 36.4 Å². The molecule has 0 fully saturated rings. The molecule has 0 spiro atoms. The van der Waals surface area contributed by atoms with Crippen molar-refractivity contribution in [2.45, 2.75) is 6.18 Å². The Morgan fingerprint density at radius 1 is 1.10 bits per heavy atom. The molecule has 0 saturated heterocycles. The third-order valence-electron chi connectivity index (χ3n) is 2.97. The lowest BCUT2D eigenvalue weighted by Crippen LogP contribution is -2.08. The largest absolute Gasteiger partial charge is 0.497 e. The van der Waals surface area contributed by atoms with Crippen molar-refractivity contribution in [2.24, 2.45) is 0 Å². The van der Waals surface area contributed by atoms with Crippen molar-refractivity contribution < 1.29 is 27.1 Å². The van der Waals surface area contributed by atoms with Crippen LogP contribution in [0.2, 0.25) is 0 Å². The molecule has 2 rings (SSSR count). The number of methoxy groups -OCH3 is 1. The molecule has 0 amide bonds. The van der Waals surface area contributed by atoms with Gasteiger partial charge in [0.1, 0.15) is 11.6 Å². The van der Waals surface area contributed by atoms with Gasteiger partial charge in [-0.3, -0.25) is 4.79 Å². The van der Waals surface area contributed by atoms with E-state index in [1.807, 2.05) is 0 Å². The second-order valence-electron chi connectivity index (χ2n) is 4.26. The first-order valence-electron chi connectivity index (χ1n) is 5.87. The van der Waals surface area contributed by atoms with E-state index in [4.69, 9.17) is 4.74 Å². The van der Waals surface area contributed by atoms with Gasteiger partial charge < -0.3 is 4.74 Å². The molecule has 0 N–H and O–H groups in total. The lowest BCUT2D eigenvalue weighted by Gasteiger charge is -2.11. The summed E-state index contributed by atoms with van der Waals surface area (Å²) >= 11 is 0. The molecule has 2 aromatic carbocycles. The van der Waals surface area contributed by atoms with Crippen LogP contribution in [0.3, 0.4) is 0 Å². The van der Waals surface area contributed by atoms with Crippen molar-refractivity contribution in [1.82, 2.24) is 0 Å². The Kier molecular flexibility index (Phi) is 3.97. The molecule has 0 unspecified atom stereocenters. The van der Waals surface area contributed by atoms with Gasteiger partial charge in [-0.1, -0.05) is 6.07 Å². The number of carbonyl (C=O) groups excluding carboxylic acids is 1. The number of rotatable bonds is 3. The Labute approximate surface area is 118 Å². The standard InChI is InChI=1S/C15H10F4O2/c1-21-11-3-4-12(10(6-11)8-20)9-2-5-13(14(16)7-9)15(17,18)19/h2-8H,1H3. The van der Waals surface area contributed by atoms with E-state index in [0.29, 0.717) is 23.7 Å². The topological polar surface area (TPSA) is 26.3 Å². The van der Waals surface area contributed by atoms with Crippen molar-refractivity contribution in [3.8, 4) is 16.9 Å². The molecular weight excluding hydrogens is 288 g/mol. The summed E-state index contributed by atoms with van der Waals surface area (Å²) in [6.45, 7) is 0. The molecule has 0 radical (unpaired) electrons. The first kappa shape index (κ1) is 15.0. The van der Waals surface area contributed by atoms with Gasteiger partial charge in [-0.15, -0.1) is 0 Å². The Bertz CT molecular complexity index is 678. The number of carbonyl (C=O) groups is 1. The number of ether oxygens (including phenoxy) is 1. The highest BCUT2D eigenvalue weighted by Gasteiger charge is 2.34. The molecule has 0 aliphatic carbocycles. The van der Waals surface area contributed by atoms with Crippen LogP contribution in [0.25, 0.3) is 11.1 Å². The van der Waals surface area contributed by atoms with Crippen LogP contribution in [0.5, 0.6) is 5.75 Å². The summed E-state index contributed by atoms with van der Waals surface area (Å²) < 4.78 is 56.1. The van der Waals surface area contributed by atoms with Crippen LogP contribution < -0.4 is 4.74 Å². The Morgan fingerprint density at radius 2 is 1.81 bits per heavy atom. The average molecular weight is 298 g/mol. The summed E-state index contributed by atoms with van der Waals surface area (Å²) in [4.78, 5) is 11.1. The van der Waals surface area contributed by atoms with Gasteiger partial charge in [-0.25, -0.2) is 4.39 Å². The van der Waals surface area contributed by atoms with Gasteiger partial charge in [-0.2, -0.15) is 13.2 Å². The molecule has 21 heavy (non-hydrogen) atoms. The molecule has 2 nitrogen and oxygen atoms in total. The number of aldehydes is 1. The minimum absolute atomic E-state index is 0.185. The Morgan fingerprint density at radius 3 is 2.33 bits per heavy atom. The third-order valence-corrected chi connectivity index (χ3v) is 2.97. The van der Waals surface area contributed by atoms with Crippen LogP contribution in [0.1, 0.15) is 15.9 Å². The first-order chi connectivity index (χ1) is 9.86. The lowest BCUT2D eigenvalue weighted by molar-refractivity contribution is -0.139. The SMILES string of the molecule is COc1ccc(-c2ccc(C(F)(F)F)c(F)c2)c(C=O)c1. The molecule has 110 valence electrons. The van der Waals surface area contributed by atoms with E-state index in [1.165, 1.54) is 25.3 Å². The Hall–Kier alpha value is -2.37. The van der Waals surface area contributed by atoms with Gasteiger partial charge in [0, 0.05) is 5.56 Å². The number of hydrogen-bond acceptors (Lipinski definition) is 2. The minimum atomic E-state index is -4.75. The molecule has 0 atom stereocenters. The first-order valence-corrected chi connectivity index (χ1v) is 5.87. The molecule has 0 aromatic heterocycles. The van der Waals surface area contributed by atoms with Crippen molar-refractivity contribution in [2.75, 3.05) is 7.11 Å². The van der Waals surface area contributed by atoms with Gasteiger partial charge in [0.2, 0.25) is 0 Å². The highest BCUT2D eigenvalue weighted by Crippen LogP contribution is 2.34. The van der Waals surface area contributed by atoms with Crippen LogP contribution in [0.4, 0.5) is 17.6 Å². The maximum absolute atomic E-state index is 13.6. The Balaban J connectivity index is 2.53. The molecule has 2 aromatic rings. The number of hydrogen-bond donors (Lipinski definition) is 0. The highest BCUT2D eigenvalue weighted by molar-refractivity contribution is 5.88. The van der Waals surface area contributed by atoms with Crippen LogP contribution in [-0.4, -0.2) is 13.4 Å². The van der Waals surface area contributed by atoms with Crippen LogP contribution >= 0.6 is 0 Å². The van der Waals surface area contributed by atoms with Crippen molar-refractivity contribution in [3.05, 3.63) is 53.3 Å². The monoisotopic (exact) mass is 298 g/mol. The van der Waals surface area contributed by atoms with Crippen molar-refractivity contribution in [3.63, 3.8) is 0 Å². The van der Waals surface area contributed by atoms with Crippen molar-refractivity contribution in [1.29, 1.82) is 0 Å². The van der Waals surface area contributed by atoms with Gasteiger partial charge in [-0.05, 0) is 41.5 Å². The fourth-order valence-corrected chi connectivity index (χ4v) is 1.94. The maximum atomic E-state index is 13.6. The van der Waals surface area contributed by atoms with Gasteiger partial charge in [0.15, 0.2) is 6.29 Å². The van der Waals surface area contributed by atoms with Crippen LogP contribution in [-0.2, 0) is 6.18 Å². The number of alkyl halides is 3. The lowest BCUT2D eigenvalue weighted by atomic mass is 9.98. The summed E-state index contributed by atoms with van der Waals surface area (Å²) in [6.07, 6.45) is -4.22. The predicted molar refractivity (Wildman–Crippen MR) is 68.8 cm³/mol. The third kappa shape index (κ3) is 3.04. The number of halogens is 4. The fourth-order valence-electron chi connectivity index (χ4n) is 1.94. The predicted octanol–water partition coefficient (Wildman–Crippen LogP) is 4.33. The molecule has 0 aliphatic rings. The molecule has 0 aliphatic heterocycles. The van der Waals surface area contributed by atoms with E-state index in [1.54, 1.807) is 0 Å².